The van der Waals surface area contributed by atoms with Gasteiger partial charge in [0, 0.05) is 25.8 Å². The summed E-state index contributed by atoms with van der Waals surface area (Å²) in [5.41, 5.74) is 2.83. The fraction of sp³-hybridized carbons (Fsp3) is 0.323. The van der Waals surface area contributed by atoms with Crippen LogP contribution in [0.3, 0.4) is 0 Å². The van der Waals surface area contributed by atoms with E-state index in [1.54, 1.807) is 5.30 Å². The molecule has 0 amide bonds. The van der Waals surface area contributed by atoms with Crippen molar-refractivity contribution in [2.24, 2.45) is 0 Å². The third-order valence-corrected chi connectivity index (χ3v) is 9.05. The summed E-state index contributed by atoms with van der Waals surface area (Å²) in [4.78, 5) is 0. The molecule has 4 aromatic rings. The average Bonchev–Trinajstić information content (AvgIpc) is 3.15. The molecule has 0 atom stereocenters. The zero-order chi connectivity index (χ0) is 23.2. The van der Waals surface area contributed by atoms with Crippen molar-refractivity contribution < 1.29 is 25.8 Å². The Balaban J connectivity index is 0.000000233. The predicted molar refractivity (Wildman–Crippen MR) is 146 cm³/mol. The molecular weight excluding hydrogens is 582 g/mol. The molecule has 172 valence electrons. The Kier molecular flexibility index (Phi) is 10.4. The van der Waals surface area contributed by atoms with E-state index >= 15 is 0 Å². The van der Waals surface area contributed by atoms with E-state index in [-0.39, 0.29) is 33.8 Å². The van der Waals surface area contributed by atoms with Crippen molar-refractivity contribution in [2.75, 3.05) is 0 Å². The maximum absolute atomic E-state index is 2.40. The molecule has 33 heavy (non-hydrogen) atoms. The minimum Gasteiger partial charge on any atom is -0.160 e. The van der Waals surface area contributed by atoms with Crippen molar-refractivity contribution in [3.05, 3.63) is 108 Å². The molecule has 0 aliphatic carbocycles. The number of aryl methyl sites for hydroxylation is 2. The molecule has 0 radical (unpaired) electrons. The molecule has 0 aliphatic rings. The predicted octanol–water partition coefficient (Wildman–Crippen LogP) is 8.73. The summed E-state index contributed by atoms with van der Waals surface area (Å²) in [5.74, 6) is 0. The minimum atomic E-state index is -0.185. The molecule has 0 saturated heterocycles. The summed E-state index contributed by atoms with van der Waals surface area (Å²) in [6.45, 7) is 14.3. The Labute approximate surface area is 221 Å². The first-order valence-corrected chi connectivity index (χ1v) is 13.0. The molecule has 0 aromatic heterocycles. The van der Waals surface area contributed by atoms with Gasteiger partial charge in [-0.3, -0.25) is 0 Å². The minimum absolute atomic E-state index is 0. The van der Waals surface area contributed by atoms with E-state index in [2.05, 4.69) is 139 Å². The molecule has 0 heterocycles. The molecule has 0 aliphatic heterocycles. The molecule has 0 nitrogen and oxygen atoms in total. The van der Waals surface area contributed by atoms with Crippen LogP contribution in [0.4, 0.5) is 0 Å². The van der Waals surface area contributed by atoms with Gasteiger partial charge >= 0.3 is 0 Å². The van der Waals surface area contributed by atoms with E-state index in [0.717, 1.165) is 12.8 Å². The van der Waals surface area contributed by atoms with Gasteiger partial charge in [0.2, 0.25) is 0 Å². The van der Waals surface area contributed by atoms with Gasteiger partial charge in [-0.1, -0.05) is 116 Å². The summed E-state index contributed by atoms with van der Waals surface area (Å²) < 4.78 is 0. The smallest absolute Gasteiger partial charge is 0 e. The quantitative estimate of drug-likeness (QED) is 0.122. The van der Waals surface area contributed by atoms with Gasteiger partial charge in [0.25, 0.3) is 0 Å². The summed E-state index contributed by atoms with van der Waals surface area (Å²) in [6, 6.07) is 34.7. The van der Waals surface area contributed by atoms with E-state index in [1.165, 1.54) is 21.9 Å². The second-order valence-corrected chi connectivity index (χ2v) is 14.4. The van der Waals surface area contributed by atoms with Crippen LogP contribution in [0.25, 0.3) is 10.8 Å². The Morgan fingerprint density at radius 2 is 1.03 bits per heavy atom. The van der Waals surface area contributed by atoms with Crippen LogP contribution in [-0.4, -0.2) is 10.3 Å². The first-order chi connectivity index (χ1) is 15.1. The molecule has 0 spiro atoms. The van der Waals surface area contributed by atoms with Gasteiger partial charge in [-0.05, 0) is 34.3 Å². The summed E-state index contributed by atoms with van der Waals surface area (Å²) in [7, 11) is -0.185. The first-order valence-electron chi connectivity index (χ1n) is 11.7. The van der Waals surface area contributed by atoms with Gasteiger partial charge in [0.1, 0.15) is 0 Å². The van der Waals surface area contributed by atoms with Crippen molar-refractivity contribution in [1.29, 1.82) is 0 Å². The van der Waals surface area contributed by atoms with E-state index in [1.807, 2.05) is 0 Å². The Morgan fingerprint density at radius 1 is 0.606 bits per heavy atom. The van der Waals surface area contributed by atoms with Gasteiger partial charge in [-0.2, -0.15) is 6.07 Å². The summed E-state index contributed by atoms with van der Waals surface area (Å²) >= 11 is 0. The molecule has 4 rings (SSSR count). The van der Waals surface area contributed by atoms with Crippen molar-refractivity contribution in [3.8, 4) is 0 Å². The van der Waals surface area contributed by atoms with Crippen LogP contribution in [0.5, 0.6) is 0 Å². The number of rotatable bonds is 4. The van der Waals surface area contributed by atoms with Crippen LogP contribution in [-0.2, 0) is 38.7 Å². The monoisotopic (exact) mass is 621 g/mol. The van der Waals surface area contributed by atoms with Crippen molar-refractivity contribution in [2.45, 2.75) is 64.7 Å². The number of benzene rings is 3. The maximum atomic E-state index is 2.40. The molecule has 0 fully saturated rings. The Morgan fingerprint density at radius 3 is 1.45 bits per heavy atom. The van der Waals surface area contributed by atoms with Crippen LogP contribution in [0, 0.1) is 0 Å². The molecular formula is C31H38HfP-. The standard InChI is InChI=1S/C17H24P.C14H14.Hf/c1-16(2,3)18(17(4,5)6)15-11-13-9-7-8-10-14(13)12-15;1-3-7-13(8-4-1)11-12-14-9-5-2-6-10-14;/h7-12H,1-6H3;1-10H,11-12H2;/q-1;;. The van der Waals surface area contributed by atoms with E-state index < -0.39 is 0 Å². The summed E-state index contributed by atoms with van der Waals surface area (Å²) in [6.07, 6.45) is 2.26. The van der Waals surface area contributed by atoms with Crippen molar-refractivity contribution in [1.82, 2.24) is 0 Å². The first kappa shape index (κ1) is 27.8. The zero-order valence-electron chi connectivity index (χ0n) is 21.1. The third kappa shape index (κ3) is 8.38. The van der Waals surface area contributed by atoms with Crippen LogP contribution in [0.15, 0.2) is 97.1 Å². The Bertz CT molecular complexity index is 996. The van der Waals surface area contributed by atoms with Gasteiger partial charge in [-0.25, -0.2) is 0 Å². The SMILES string of the molecule is CC(C)(C)P(c1cc2ccccc2[cH-]1)C(C)(C)C.[Hf].c1ccc(CCc2ccccc2)cc1. The summed E-state index contributed by atoms with van der Waals surface area (Å²) in [5, 5.41) is 5.00. The molecule has 0 unspecified atom stereocenters. The number of hydrogen-bond acceptors (Lipinski definition) is 0. The number of hydrogen-bond donors (Lipinski definition) is 0. The largest absolute Gasteiger partial charge is 0.160 e. The molecule has 0 N–H and O–H groups in total. The van der Waals surface area contributed by atoms with Crippen LogP contribution in [0.2, 0.25) is 0 Å². The average molecular weight is 620 g/mol. The molecule has 0 saturated carbocycles. The van der Waals surface area contributed by atoms with Gasteiger partial charge < -0.3 is 0 Å². The van der Waals surface area contributed by atoms with E-state index in [0.29, 0.717) is 10.3 Å². The van der Waals surface area contributed by atoms with Gasteiger partial charge in [-0.15, -0.1) is 40.3 Å². The van der Waals surface area contributed by atoms with Gasteiger partial charge in [0.15, 0.2) is 0 Å². The topological polar surface area (TPSA) is 0 Å². The molecule has 4 aromatic carbocycles. The fourth-order valence-corrected chi connectivity index (χ4v) is 8.72. The van der Waals surface area contributed by atoms with Crippen LogP contribution in [0.1, 0.15) is 52.7 Å². The van der Waals surface area contributed by atoms with Crippen LogP contribution < -0.4 is 5.30 Å². The van der Waals surface area contributed by atoms with Crippen molar-refractivity contribution >= 4 is 24.0 Å². The third-order valence-electron chi connectivity index (χ3n) is 5.59. The normalized spacial score (nSPS) is 11.6. The maximum Gasteiger partial charge on any atom is 0 e. The van der Waals surface area contributed by atoms with Crippen LogP contribution >= 0.6 is 7.92 Å². The fourth-order valence-electron chi connectivity index (χ4n) is 4.62. The van der Waals surface area contributed by atoms with E-state index in [4.69, 9.17) is 0 Å². The van der Waals surface area contributed by atoms with E-state index in [9.17, 15) is 0 Å². The second-order valence-electron chi connectivity index (χ2n) is 10.5. The Hall–Kier alpha value is -1.43. The molecule has 2 heteroatoms. The second kappa shape index (κ2) is 12.3. The van der Waals surface area contributed by atoms with Gasteiger partial charge in [0.05, 0.1) is 0 Å². The number of fused-ring (bicyclic) bond motifs is 1. The van der Waals surface area contributed by atoms with Crippen molar-refractivity contribution in [3.63, 3.8) is 0 Å². The molecule has 0 bridgehead atoms. The zero-order valence-corrected chi connectivity index (χ0v) is 25.6.